The molecule has 23 heavy (non-hydrogen) atoms. The van der Waals surface area contributed by atoms with Crippen molar-refractivity contribution in [1.82, 2.24) is 10.0 Å². The average Bonchev–Trinajstić information content (AvgIpc) is 3.10. The van der Waals surface area contributed by atoms with E-state index in [1.54, 1.807) is 19.2 Å². The highest BCUT2D eigenvalue weighted by molar-refractivity contribution is 8.25. The Balaban J connectivity index is 1.77. The third kappa shape index (κ3) is 2.12. The van der Waals surface area contributed by atoms with E-state index in [0.717, 1.165) is 17.7 Å². The molecule has 0 aliphatic carbocycles. The van der Waals surface area contributed by atoms with Crippen molar-refractivity contribution in [3.8, 4) is 11.5 Å². The SMILES string of the molecule is COc1ccc(O)c2c1SC(=C1C(=O)N3CCCCN3C1=O)S2. The zero-order valence-corrected chi connectivity index (χ0v) is 14.0. The molecule has 1 aromatic carbocycles. The van der Waals surface area contributed by atoms with E-state index in [4.69, 9.17) is 4.74 Å². The molecule has 0 bridgehead atoms. The van der Waals surface area contributed by atoms with Crippen molar-refractivity contribution in [1.29, 1.82) is 0 Å². The van der Waals surface area contributed by atoms with E-state index in [9.17, 15) is 14.7 Å². The number of thioether (sulfide) groups is 2. The van der Waals surface area contributed by atoms with E-state index in [1.165, 1.54) is 33.5 Å². The minimum Gasteiger partial charge on any atom is -0.507 e. The fourth-order valence-electron chi connectivity index (χ4n) is 2.91. The Hall–Kier alpha value is -1.80. The Labute approximate surface area is 141 Å². The lowest BCUT2D eigenvalue weighted by Crippen LogP contribution is -2.45. The molecule has 0 unspecified atom stereocenters. The number of benzene rings is 1. The van der Waals surface area contributed by atoms with Crippen LogP contribution in [0.4, 0.5) is 0 Å². The molecule has 0 spiro atoms. The zero-order valence-electron chi connectivity index (χ0n) is 12.4. The topological polar surface area (TPSA) is 70.1 Å². The molecular formula is C15H14N2O4S2. The quantitative estimate of drug-likeness (QED) is 0.618. The van der Waals surface area contributed by atoms with Crippen LogP contribution in [0.5, 0.6) is 11.5 Å². The fraction of sp³-hybridized carbons (Fsp3) is 0.333. The van der Waals surface area contributed by atoms with Crippen molar-refractivity contribution in [3.05, 3.63) is 21.9 Å². The number of carbonyl (C=O) groups excluding carboxylic acids is 2. The number of hydrazine groups is 1. The molecule has 0 radical (unpaired) electrons. The Morgan fingerprint density at radius 1 is 1.04 bits per heavy atom. The maximum Gasteiger partial charge on any atom is 0.279 e. The van der Waals surface area contributed by atoms with Gasteiger partial charge in [-0.2, -0.15) is 0 Å². The van der Waals surface area contributed by atoms with Gasteiger partial charge in [0.05, 0.1) is 21.1 Å². The summed E-state index contributed by atoms with van der Waals surface area (Å²) in [4.78, 5) is 26.6. The lowest BCUT2D eigenvalue weighted by Gasteiger charge is -2.31. The summed E-state index contributed by atoms with van der Waals surface area (Å²) in [6.45, 7) is 1.16. The first-order valence-corrected chi connectivity index (χ1v) is 8.88. The smallest absolute Gasteiger partial charge is 0.279 e. The molecule has 1 N–H and O–H groups in total. The second-order valence-corrected chi connectivity index (χ2v) is 7.68. The van der Waals surface area contributed by atoms with Crippen LogP contribution in [-0.2, 0) is 9.59 Å². The molecule has 120 valence electrons. The number of amides is 2. The normalized spacial score (nSPS) is 20.2. The molecular weight excluding hydrogens is 336 g/mol. The van der Waals surface area contributed by atoms with Gasteiger partial charge in [0.1, 0.15) is 17.1 Å². The number of ether oxygens (including phenoxy) is 1. The first-order chi connectivity index (χ1) is 11.1. The third-order valence-corrected chi connectivity index (χ3v) is 6.68. The van der Waals surface area contributed by atoms with Crippen LogP contribution < -0.4 is 4.74 Å². The van der Waals surface area contributed by atoms with E-state index < -0.39 is 0 Å². The molecule has 3 heterocycles. The fourth-order valence-corrected chi connectivity index (χ4v) is 5.57. The molecule has 4 rings (SSSR count). The van der Waals surface area contributed by atoms with Crippen LogP contribution in [0.15, 0.2) is 31.7 Å². The van der Waals surface area contributed by atoms with Gasteiger partial charge in [0.2, 0.25) is 0 Å². The van der Waals surface area contributed by atoms with Crippen LogP contribution in [0, 0.1) is 0 Å². The van der Waals surface area contributed by atoms with Crippen LogP contribution >= 0.6 is 23.5 Å². The summed E-state index contributed by atoms with van der Waals surface area (Å²) in [5.74, 6) is 0.276. The molecule has 0 saturated carbocycles. The van der Waals surface area contributed by atoms with Gasteiger partial charge >= 0.3 is 0 Å². The van der Waals surface area contributed by atoms with Gasteiger partial charge in [-0.15, -0.1) is 0 Å². The summed E-state index contributed by atoms with van der Waals surface area (Å²) in [6, 6.07) is 3.24. The molecule has 8 heteroatoms. The lowest BCUT2D eigenvalue weighted by molar-refractivity contribution is -0.150. The van der Waals surface area contributed by atoms with Crippen LogP contribution in [0.1, 0.15) is 12.8 Å². The number of rotatable bonds is 1. The number of hydrogen-bond donors (Lipinski definition) is 1. The zero-order chi connectivity index (χ0) is 16.1. The summed E-state index contributed by atoms with van der Waals surface area (Å²) in [6.07, 6.45) is 1.82. The minimum atomic E-state index is -0.240. The summed E-state index contributed by atoms with van der Waals surface area (Å²) < 4.78 is 5.93. The van der Waals surface area contributed by atoms with Crippen molar-refractivity contribution in [3.63, 3.8) is 0 Å². The van der Waals surface area contributed by atoms with Gasteiger partial charge in [0, 0.05) is 13.1 Å². The van der Waals surface area contributed by atoms with E-state index in [1.807, 2.05) is 0 Å². The van der Waals surface area contributed by atoms with Crippen LogP contribution in [-0.4, -0.2) is 47.1 Å². The molecule has 3 aliphatic heterocycles. The number of nitrogens with zero attached hydrogens (tertiary/aromatic N) is 2. The number of fused-ring (bicyclic) bond motifs is 2. The second kappa shape index (κ2) is 5.38. The van der Waals surface area contributed by atoms with Crippen molar-refractivity contribution in [2.75, 3.05) is 20.2 Å². The standard InChI is InChI=1S/C15H14N2O4S2/c1-21-9-5-4-8(18)11-12(9)23-15(22-11)10-13(19)16-6-2-3-7-17(16)14(10)20/h4-5,18H,2-3,6-7H2,1H3. The number of phenols is 1. The van der Waals surface area contributed by atoms with Crippen LogP contribution in [0.25, 0.3) is 0 Å². The van der Waals surface area contributed by atoms with Crippen LogP contribution in [0.2, 0.25) is 0 Å². The van der Waals surface area contributed by atoms with Crippen molar-refractivity contribution < 1.29 is 19.4 Å². The second-order valence-electron chi connectivity index (χ2n) is 5.38. The van der Waals surface area contributed by atoms with Gasteiger partial charge in [0.25, 0.3) is 11.8 Å². The summed E-state index contributed by atoms with van der Waals surface area (Å²) in [7, 11) is 1.56. The molecule has 2 saturated heterocycles. The van der Waals surface area contributed by atoms with Gasteiger partial charge in [-0.1, -0.05) is 23.5 Å². The molecule has 6 nitrogen and oxygen atoms in total. The molecule has 2 amide bonds. The summed E-state index contributed by atoms with van der Waals surface area (Å²) in [5.41, 5.74) is 0.208. The number of aromatic hydroxyl groups is 1. The maximum absolute atomic E-state index is 12.6. The highest BCUT2D eigenvalue weighted by atomic mass is 32.2. The van der Waals surface area contributed by atoms with E-state index >= 15 is 0 Å². The number of hydrogen-bond acceptors (Lipinski definition) is 6. The molecule has 0 aromatic heterocycles. The maximum atomic E-state index is 12.6. The van der Waals surface area contributed by atoms with E-state index in [2.05, 4.69) is 0 Å². The predicted octanol–water partition coefficient (Wildman–Crippen LogP) is 2.19. The summed E-state index contributed by atoms with van der Waals surface area (Å²) >= 11 is 2.57. The van der Waals surface area contributed by atoms with Crippen molar-refractivity contribution in [2.24, 2.45) is 0 Å². The van der Waals surface area contributed by atoms with E-state index in [0.29, 0.717) is 28.0 Å². The highest BCUT2D eigenvalue weighted by Gasteiger charge is 2.45. The number of phenolic OH excluding ortho intramolecular Hbond substituents is 1. The Morgan fingerprint density at radius 2 is 1.65 bits per heavy atom. The molecule has 0 atom stereocenters. The first-order valence-electron chi connectivity index (χ1n) is 7.25. The molecule has 2 fully saturated rings. The number of methoxy groups -OCH3 is 1. The predicted molar refractivity (Wildman–Crippen MR) is 86.1 cm³/mol. The lowest BCUT2D eigenvalue weighted by atomic mass is 10.2. The monoisotopic (exact) mass is 350 g/mol. The van der Waals surface area contributed by atoms with E-state index in [-0.39, 0.29) is 23.1 Å². The molecule has 3 aliphatic rings. The Bertz CT molecular complexity index is 736. The minimum absolute atomic E-state index is 0.129. The van der Waals surface area contributed by atoms with Gasteiger partial charge in [-0.05, 0) is 25.0 Å². The van der Waals surface area contributed by atoms with Gasteiger partial charge in [-0.3, -0.25) is 9.59 Å². The van der Waals surface area contributed by atoms with Crippen LogP contribution in [0.3, 0.4) is 0 Å². The van der Waals surface area contributed by atoms with Gasteiger partial charge < -0.3 is 9.84 Å². The largest absolute Gasteiger partial charge is 0.507 e. The molecule has 1 aromatic rings. The van der Waals surface area contributed by atoms with Crippen molar-refractivity contribution >= 4 is 35.3 Å². The summed E-state index contributed by atoms with van der Waals surface area (Å²) in [5, 5.41) is 13.1. The Kier molecular flexibility index (Phi) is 3.46. The van der Waals surface area contributed by atoms with Gasteiger partial charge in [0.15, 0.2) is 0 Å². The first kappa shape index (κ1) is 14.8. The third-order valence-electron chi connectivity index (χ3n) is 4.05. The number of carbonyl (C=O) groups is 2. The Morgan fingerprint density at radius 3 is 2.26 bits per heavy atom. The highest BCUT2D eigenvalue weighted by Crippen LogP contribution is 2.59. The van der Waals surface area contributed by atoms with Gasteiger partial charge in [-0.25, -0.2) is 10.0 Å². The van der Waals surface area contributed by atoms with Crippen molar-refractivity contribution in [2.45, 2.75) is 22.6 Å². The average molecular weight is 350 g/mol.